The maximum Gasteiger partial charge on any atom is 0.317 e. The first-order valence-corrected chi connectivity index (χ1v) is 11.4. The third-order valence-electron chi connectivity index (χ3n) is 5.95. The summed E-state index contributed by atoms with van der Waals surface area (Å²) in [5.74, 6) is 0.847. The first-order chi connectivity index (χ1) is 16.9. The van der Waals surface area contributed by atoms with Crippen LogP contribution >= 0.6 is 11.6 Å². The van der Waals surface area contributed by atoms with Crippen molar-refractivity contribution in [2.24, 2.45) is 0 Å². The molecule has 1 aromatic heterocycles. The Morgan fingerprint density at radius 2 is 1.69 bits per heavy atom. The van der Waals surface area contributed by atoms with E-state index in [1.165, 1.54) is 9.13 Å². The number of amides is 1. The number of hydrogen-bond acceptors (Lipinski definition) is 5. The van der Waals surface area contributed by atoms with E-state index in [9.17, 15) is 14.4 Å². The Morgan fingerprint density at radius 1 is 0.943 bits per heavy atom. The third kappa shape index (κ3) is 4.52. The van der Waals surface area contributed by atoms with Crippen LogP contribution in [-0.2, 0) is 17.9 Å². The molecule has 178 valence electrons. The molecule has 3 aromatic carbocycles. The maximum absolute atomic E-state index is 13.1. The molecular formula is C26H22ClN3O5. The molecule has 8 nitrogen and oxygen atoms in total. The summed E-state index contributed by atoms with van der Waals surface area (Å²) in [5, 5.41) is 3.27. The number of carbonyl (C=O) groups excluding carboxylic acids is 1. The van der Waals surface area contributed by atoms with E-state index < -0.39 is 17.0 Å². The number of halogens is 1. The summed E-state index contributed by atoms with van der Waals surface area (Å²) in [6, 6.07) is 19.4. The highest BCUT2D eigenvalue weighted by Crippen LogP contribution is 2.34. The monoisotopic (exact) mass is 491 g/mol. The van der Waals surface area contributed by atoms with Gasteiger partial charge in [-0.25, -0.2) is 0 Å². The maximum atomic E-state index is 13.1. The van der Waals surface area contributed by atoms with Gasteiger partial charge in [0.05, 0.1) is 23.6 Å². The highest BCUT2D eigenvalue weighted by atomic mass is 35.5. The highest BCUT2D eigenvalue weighted by Gasteiger charge is 2.19. The zero-order chi connectivity index (χ0) is 24.5. The van der Waals surface area contributed by atoms with Crippen molar-refractivity contribution < 1.29 is 14.3 Å². The van der Waals surface area contributed by atoms with Crippen LogP contribution in [0.1, 0.15) is 24.1 Å². The Balaban J connectivity index is 1.46. The lowest BCUT2D eigenvalue weighted by atomic mass is 10.1. The van der Waals surface area contributed by atoms with Crippen molar-refractivity contribution in [3.63, 3.8) is 0 Å². The Kier molecular flexibility index (Phi) is 6.05. The van der Waals surface area contributed by atoms with E-state index in [1.807, 2.05) is 43.3 Å². The molecule has 4 aromatic rings. The predicted molar refractivity (Wildman–Crippen MR) is 132 cm³/mol. The lowest BCUT2D eigenvalue weighted by Crippen LogP contribution is -2.44. The zero-order valence-corrected chi connectivity index (χ0v) is 19.6. The molecule has 1 aliphatic heterocycles. The molecule has 0 fully saturated rings. The number of fused-ring (bicyclic) bond motifs is 2. The van der Waals surface area contributed by atoms with Gasteiger partial charge in [0, 0.05) is 5.02 Å². The molecule has 0 radical (unpaired) electrons. The molecule has 5 rings (SSSR count). The SMILES string of the molecule is C[C@H](NC(=O)Cn1c(=O)c(=O)n(Cc2ccccc2)c2ccc(Cl)cc21)c1ccc2c(c1)OCO2. The van der Waals surface area contributed by atoms with Crippen molar-refractivity contribution in [2.75, 3.05) is 6.79 Å². The molecule has 0 aliphatic carbocycles. The molecule has 0 spiro atoms. The average molecular weight is 492 g/mol. The van der Waals surface area contributed by atoms with E-state index in [-0.39, 0.29) is 25.9 Å². The number of nitrogens with one attached hydrogen (secondary N) is 1. The number of benzene rings is 3. The van der Waals surface area contributed by atoms with Gasteiger partial charge in [-0.2, -0.15) is 0 Å². The summed E-state index contributed by atoms with van der Waals surface area (Å²) >= 11 is 6.22. The number of ether oxygens (including phenoxy) is 2. The fourth-order valence-electron chi connectivity index (χ4n) is 4.17. The van der Waals surface area contributed by atoms with Crippen molar-refractivity contribution >= 4 is 28.5 Å². The summed E-state index contributed by atoms with van der Waals surface area (Å²) in [4.78, 5) is 39.1. The van der Waals surface area contributed by atoms with Crippen molar-refractivity contribution in [1.29, 1.82) is 0 Å². The molecule has 1 atom stereocenters. The van der Waals surface area contributed by atoms with Gasteiger partial charge in [-0.3, -0.25) is 23.5 Å². The van der Waals surface area contributed by atoms with Gasteiger partial charge in [-0.1, -0.05) is 48.0 Å². The van der Waals surface area contributed by atoms with Gasteiger partial charge in [-0.05, 0) is 48.4 Å². The second kappa shape index (κ2) is 9.31. The fourth-order valence-corrected chi connectivity index (χ4v) is 4.33. The predicted octanol–water partition coefficient (Wildman–Crippen LogP) is 3.47. The quantitative estimate of drug-likeness (QED) is 0.417. The van der Waals surface area contributed by atoms with Crippen LogP contribution in [0.2, 0.25) is 5.02 Å². The van der Waals surface area contributed by atoms with E-state index in [2.05, 4.69) is 5.32 Å². The van der Waals surface area contributed by atoms with Gasteiger partial charge in [0.2, 0.25) is 12.7 Å². The Labute approximate surface area is 205 Å². The summed E-state index contributed by atoms with van der Waals surface area (Å²) in [7, 11) is 0. The Hall–Kier alpha value is -4.04. The van der Waals surface area contributed by atoms with Gasteiger partial charge >= 0.3 is 11.1 Å². The molecule has 1 amide bonds. The number of hydrogen-bond donors (Lipinski definition) is 1. The summed E-state index contributed by atoms with van der Waals surface area (Å²) < 4.78 is 13.3. The zero-order valence-electron chi connectivity index (χ0n) is 18.9. The molecule has 0 saturated heterocycles. The number of aromatic nitrogens is 2. The lowest BCUT2D eigenvalue weighted by Gasteiger charge is -2.18. The van der Waals surface area contributed by atoms with E-state index in [0.29, 0.717) is 27.6 Å². The summed E-state index contributed by atoms with van der Waals surface area (Å²) in [6.45, 7) is 1.88. The van der Waals surface area contributed by atoms with Gasteiger partial charge in [0.15, 0.2) is 11.5 Å². The second-order valence-corrected chi connectivity index (χ2v) is 8.74. The summed E-state index contributed by atoms with van der Waals surface area (Å²) in [6.07, 6.45) is 0. The summed E-state index contributed by atoms with van der Waals surface area (Å²) in [5.41, 5.74) is 1.12. The van der Waals surface area contributed by atoms with E-state index >= 15 is 0 Å². The molecular weight excluding hydrogens is 470 g/mol. The molecule has 2 heterocycles. The minimum atomic E-state index is -0.790. The van der Waals surface area contributed by atoms with Gasteiger partial charge in [0.1, 0.15) is 6.54 Å². The van der Waals surface area contributed by atoms with Crippen molar-refractivity contribution in [3.05, 3.63) is 104 Å². The number of rotatable bonds is 6. The molecule has 0 unspecified atom stereocenters. The van der Waals surface area contributed by atoms with Crippen LogP contribution < -0.4 is 25.9 Å². The first-order valence-electron chi connectivity index (χ1n) is 11.1. The minimum absolute atomic E-state index is 0.161. The van der Waals surface area contributed by atoms with Crippen LogP contribution in [0.3, 0.4) is 0 Å². The Bertz CT molecular complexity index is 1540. The minimum Gasteiger partial charge on any atom is -0.454 e. The first kappa shape index (κ1) is 22.7. The number of nitrogens with zero attached hydrogens (tertiary/aromatic N) is 2. The van der Waals surface area contributed by atoms with Crippen LogP contribution in [0.15, 0.2) is 76.3 Å². The van der Waals surface area contributed by atoms with E-state index in [4.69, 9.17) is 21.1 Å². The molecule has 1 aliphatic rings. The van der Waals surface area contributed by atoms with E-state index in [0.717, 1.165) is 11.1 Å². The largest absolute Gasteiger partial charge is 0.454 e. The van der Waals surface area contributed by atoms with Crippen LogP contribution in [-0.4, -0.2) is 21.8 Å². The molecule has 0 saturated carbocycles. The van der Waals surface area contributed by atoms with Crippen LogP contribution in [0.25, 0.3) is 11.0 Å². The molecule has 35 heavy (non-hydrogen) atoms. The average Bonchev–Trinajstić information content (AvgIpc) is 3.33. The Morgan fingerprint density at radius 3 is 2.49 bits per heavy atom. The van der Waals surface area contributed by atoms with Gasteiger partial charge < -0.3 is 14.8 Å². The third-order valence-corrected chi connectivity index (χ3v) is 6.19. The van der Waals surface area contributed by atoms with Gasteiger partial charge in [0.25, 0.3) is 0 Å². The standard InChI is InChI=1S/C26H22ClN3O5/c1-16(18-7-10-22-23(11-18)35-15-34-22)28-24(31)14-30-21-12-19(27)8-9-20(21)29(25(32)26(30)33)13-17-5-3-2-4-6-17/h2-12,16H,13-15H2,1H3,(H,28,31)/t16-/m0/s1. The molecule has 0 bridgehead atoms. The van der Waals surface area contributed by atoms with Crippen LogP contribution in [0.5, 0.6) is 11.5 Å². The topological polar surface area (TPSA) is 91.6 Å². The van der Waals surface area contributed by atoms with E-state index in [1.54, 1.807) is 30.3 Å². The normalized spacial score (nSPS) is 13.1. The molecule has 1 N–H and O–H groups in total. The van der Waals surface area contributed by atoms with Crippen LogP contribution in [0, 0.1) is 0 Å². The highest BCUT2D eigenvalue weighted by molar-refractivity contribution is 6.31. The number of carbonyl (C=O) groups is 1. The molecule has 9 heteroatoms. The van der Waals surface area contributed by atoms with Gasteiger partial charge in [-0.15, -0.1) is 0 Å². The van der Waals surface area contributed by atoms with Crippen molar-refractivity contribution in [2.45, 2.75) is 26.1 Å². The smallest absolute Gasteiger partial charge is 0.317 e. The second-order valence-electron chi connectivity index (χ2n) is 8.30. The van der Waals surface area contributed by atoms with Crippen molar-refractivity contribution in [3.8, 4) is 11.5 Å². The van der Waals surface area contributed by atoms with Crippen LogP contribution in [0.4, 0.5) is 0 Å². The lowest BCUT2D eigenvalue weighted by molar-refractivity contribution is -0.122. The fraction of sp³-hybridized carbons (Fsp3) is 0.192. The van der Waals surface area contributed by atoms with Crippen molar-refractivity contribution in [1.82, 2.24) is 14.5 Å².